The normalized spacial score (nSPS) is 26.9. The van der Waals surface area contributed by atoms with Crippen molar-refractivity contribution < 1.29 is 9.53 Å². The van der Waals surface area contributed by atoms with E-state index in [4.69, 9.17) is 4.74 Å². The second kappa shape index (κ2) is 5.15. The molecule has 1 fully saturated rings. The minimum Gasteiger partial charge on any atom is -0.372 e. The Kier molecular flexibility index (Phi) is 4.33. The summed E-state index contributed by atoms with van der Waals surface area (Å²) in [7, 11) is 0. The monoisotopic (exact) mass is 228 g/mol. The van der Waals surface area contributed by atoms with Crippen LogP contribution >= 0.6 is 0 Å². The maximum atomic E-state index is 12.3. The number of amides is 1. The van der Waals surface area contributed by atoms with Crippen LogP contribution in [0.2, 0.25) is 0 Å². The maximum Gasteiger partial charge on any atom is 0.242 e. The summed E-state index contributed by atoms with van der Waals surface area (Å²) in [5.74, 6) is 0.163. The van der Waals surface area contributed by atoms with E-state index < -0.39 is 5.54 Å². The minimum absolute atomic E-state index is 0.130. The van der Waals surface area contributed by atoms with Gasteiger partial charge in [-0.3, -0.25) is 4.79 Å². The number of nitrogens with zero attached hydrogens (tertiary/aromatic N) is 1. The van der Waals surface area contributed by atoms with Crippen LogP contribution in [0.4, 0.5) is 0 Å². The highest BCUT2D eigenvalue weighted by atomic mass is 16.5. The molecule has 0 aromatic heterocycles. The molecule has 0 aromatic carbocycles. The Morgan fingerprint density at radius 3 is 2.31 bits per heavy atom. The average molecular weight is 228 g/mol. The average Bonchev–Trinajstić information content (AvgIpc) is 2.14. The number of hydrogen-bond donors (Lipinski definition) is 1. The van der Waals surface area contributed by atoms with E-state index in [0.29, 0.717) is 13.1 Å². The first-order valence-corrected chi connectivity index (χ1v) is 6.06. The second-order valence-corrected chi connectivity index (χ2v) is 5.12. The van der Waals surface area contributed by atoms with Gasteiger partial charge in [0.05, 0.1) is 17.7 Å². The van der Waals surface area contributed by atoms with Gasteiger partial charge in [0.2, 0.25) is 5.91 Å². The highest BCUT2D eigenvalue weighted by molar-refractivity contribution is 5.85. The molecular weight excluding hydrogens is 204 g/mol. The van der Waals surface area contributed by atoms with E-state index in [1.54, 1.807) is 0 Å². The molecule has 0 saturated carbocycles. The van der Waals surface area contributed by atoms with E-state index >= 15 is 0 Å². The van der Waals surface area contributed by atoms with Crippen molar-refractivity contribution in [1.82, 2.24) is 10.2 Å². The number of ether oxygens (including phenoxy) is 1. The van der Waals surface area contributed by atoms with Crippen LogP contribution < -0.4 is 5.32 Å². The van der Waals surface area contributed by atoms with Gasteiger partial charge in [0, 0.05) is 13.1 Å². The van der Waals surface area contributed by atoms with Crippen molar-refractivity contribution in [3.8, 4) is 0 Å². The van der Waals surface area contributed by atoms with Crippen LogP contribution in [0.15, 0.2) is 0 Å². The molecule has 1 rings (SSSR count). The Morgan fingerprint density at radius 2 is 1.88 bits per heavy atom. The van der Waals surface area contributed by atoms with Crippen LogP contribution in [0.3, 0.4) is 0 Å². The van der Waals surface area contributed by atoms with E-state index in [1.165, 1.54) is 0 Å². The molecule has 94 valence electrons. The minimum atomic E-state index is -0.481. The van der Waals surface area contributed by atoms with Gasteiger partial charge in [-0.1, -0.05) is 6.92 Å². The number of carbonyl (C=O) groups is 1. The van der Waals surface area contributed by atoms with Crippen molar-refractivity contribution >= 4 is 5.91 Å². The van der Waals surface area contributed by atoms with Gasteiger partial charge in [-0.05, 0) is 34.2 Å². The summed E-state index contributed by atoms with van der Waals surface area (Å²) in [5.41, 5.74) is -0.481. The third kappa shape index (κ3) is 3.19. The Morgan fingerprint density at radius 1 is 1.38 bits per heavy atom. The summed E-state index contributed by atoms with van der Waals surface area (Å²) < 4.78 is 5.62. The summed E-state index contributed by atoms with van der Waals surface area (Å²) in [6.07, 6.45) is 0.259. The molecule has 0 aliphatic carbocycles. The number of nitrogens with one attached hydrogen (secondary N) is 1. The standard InChI is InChI=1S/C12H24N2O2/c1-6-13-12(4,5)11(15)14-7-9(2)16-10(3)8-14/h9-10,13H,6-8H2,1-5H3. The lowest BCUT2D eigenvalue weighted by molar-refractivity contribution is -0.148. The predicted octanol–water partition coefficient (Wildman–Crippen LogP) is 1.01. The van der Waals surface area contributed by atoms with Crippen molar-refractivity contribution in [1.29, 1.82) is 0 Å². The number of rotatable bonds is 3. The Bertz CT molecular complexity index is 243. The van der Waals surface area contributed by atoms with Crippen LogP contribution in [-0.4, -0.2) is 48.2 Å². The Hall–Kier alpha value is -0.610. The van der Waals surface area contributed by atoms with Gasteiger partial charge in [0.15, 0.2) is 0 Å². The zero-order valence-electron chi connectivity index (χ0n) is 11.0. The SMILES string of the molecule is CCNC(C)(C)C(=O)N1CC(C)OC(C)C1. The van der Waals surface area contributed by atoms with Gasteiger partial charge >= 0.3 is 0 Å². The van der Waals surface area contributed by atoms with E-state index in [0.717, 1.165) is 6.54 Å². The van der Waals surface area contributed by atoms with Crippen molar-refractivity contribution in [2.75, 3.05) is 19.6 Å². The van der Waals surface area contributed by atoms with Crippen LogP contribution in [-0.2, 0) is 9.53 Å². The molecule has 0 spiro atoms. The van der Waals surface area contributed by atoms with Crippen LogP contribution in [0.1, 0.15) is 34.6 Å². The van der Waals surface area contributed by atoms with Crippen LogP contribution in [0.25, 0.3) is 0 Å². The lowest BCUT2D eigenvalue weighted by Gasteiger charge is -2.39. The van der Waals surface area contributed by atoms with Crippen molar-refractivity contribution in [3.63, 3.8) is 0 Å². The Labute approximate surface area is 98.3 Å². The van der Waals surface area contributed by atoms with E-state index in [2.05, 4.69) is 5.32 Å². The molecule has 0 aromatic rings. The first-order chi connectivity index (χ1) is 7.36. The number of likely N-dealkylation sites (N-methyl/N-ethyl adjacent to an activating group) is 1. The molecule has 0 radical (unpaired) electrons. The van der Waals surface area contributed by atoms with Crippen molar-refractivity contribution in [3.05, 3.63) is 0 Å². The fourth-order valence-electron chi connectivity index (χ4n) is 2.26. The van der Waals surface area contributed by atoms with Crippen molar-refractivity contribution in [2.24, 2.45) is 0 Å². The first kappa shape index (κ1) is 13.5. The molecular formula is C12H24N2O2. The molecule has 16 heavy (non-hydrogen) atoms. The molecule has 0 bridgehead atoms. The summed E-state index contributed by atoms with van der Waals surface area (Å²) in [5, 5.41) is 3.22. The lowest BCUT2D eigenvalue weighted by Crippen LogP contribution is -2.58. The highest BCUT2D eigenvalue weighted by Crippen LogP contribution is 2.15. The van der Waals surface area contributed by atoms with E-state index in [1.807, 2.05) is 39.5 Å². The molecule has 1 aliphatic rings. The topological polar surface area (TPSA) is 41.6 Å². The Balaban J connectivity index is 2.65. The van der Waals surface area contributed by atoms with Crippen LogP contribution in [0, 0.1) is 0 Å². The molecule has 4 heteroatoms. The molecule has 2 atom stereocenters. The van der Waals surface area contributed by atoms with Crippen LogP contribution in [0.5, 0.6) is 0 Å². The van der Waals surface area contributed by atoms with Gasteiger partial charge in [-0.15, -0.1) is 0 Å². The smallest absolute Gasteiger partial charge is 0.242 e. The molecule has 2 unspecified atom stereocenters. The van der Waals surface area contributed by atoms with Gasteiger partial charge in [0.25, 0.3) is 0 Å². The van der Waals surface area contributed by atoms with Gasteiger partial charge < -0.3 is 15.0 Å². The quantitative estimate of drug-likeness (QED) is 0.784. The van der Waals surface area contributed by atoms with E-state index in [9.17, 15) is 4.79 Å². The number of carbonyl (C=O) groups excluding carboxylic acids is 1. The van der Waals surface area contributed by atoms with E-state index in [-0.39, 0.29) is 18.1 Å². The van der Waals surface area contributed by atoms with Gasteiger partial charge in [-0.25, -0.2) is 0 Å². The summed E-state index contributed by atoms with van der Waals surface area (Å²) in [6.45, 7) is 12.1. The van der Waals surface area contributed by atoms with Gasteiger partial charge in [0.1, 0.15) is 0 Å². The second-order valence-electron chi connectivity index (χ2n) is 5.12. The maximum absolute atomic E-state index is 12.3. The molecule has 1 aliphatic heterocycles. The largest absolute Gasteiger partial charge is 0.372 e. The molecule has 1 heterocycles. The summed E-state index contributed by atoms with van der Waals surface area (Å²) in [4.78, 5) is 14.2. The molecule has 1 N–H and O–H groups in total. The van der Waals surface area contributed by atoms with Gasteiger partial charge in [-0.2, -0.15) is 0 Å². The number of hydrogen-bond acceptors (Lipinski definition) is 3. The molecule has 1 amide bonds. The zero-order valence-corrected chi connectivity index (χ0v) is 11.0. The number of morpholine rings is 1. The van der Waals surface area contributed by atoms with Crippen molar-refractivity contribution in [2.45, 2.75) is 52.4 Å². The summed E-state index contributed by atoms with van der Waals surface area (Å²) >= 11 is 0. The predicted molar refractivity (Wildman–Crippen MR) is 64.3 cm³/mol. The molecule has 4 nitrogen and oxygen atoms in total. The highest BCUT2D eigenvalue weighted by Gasteiger charge is 2.34. The fourth-order valence-corrected chi connectivity index (χ4v) is 2.26. The summed E-state index contributed by atoms with van der Waals surface area (Å²) in [6, 6.07) is 0. The third-order valence-corrected chi connectivity index (χ3v) is 2.86. The molecule has 1 saturated heterocycles. The fraction of sp³-hybridized carbons (Fsp3) is 0.917. The third-order valence-electron chi connectivity index (χ3n) is 2.86. The zero-order chi connectivity index (χ0) is 12.3. The lowest BCUT2D eigenvalue weighted by atomic mass is 10.0. The first-order valence-electron chi connectivity index (χ1n) is 6.06.